The Labute approximate surface area is 277 Å². The van der Waals surface area contributed by atoms with Crippen molar-refractivity contribution in [2.24, 2.45) is 5.41 Å². The minimum absolute atomic E-state index is 0.0202. The van der Waals surface area contributed by atoms with Crippen molar-refractivity contribution >= 4 is 27.5 Å². The second-order valence-electron chi connectivity index (χ2n) is 14.8. The normalized spacial score (nSPS) is 24.1. The molecule has 5 fully saturated rings. The third-order valence-electron chi connectivity index (χ3n) is 11.3. The van der Waals surface area contributed by atoms with Crippen LogP contribution < -0.4 is 15.0 Å². The van der Waals surface area contributed by atoms with Gasteiger partial charge in [-0.2, -0.15) is 9.97 Å². The summed E-state index contributed by atoms with van der Waals surface area (Å²) in [6, 6.07) is 7.50. The van der Waals surface area contributed by atoms with Crippen molar-refractivity contribution in [1.29, 1.82) is 0 Å². The van der Waals surface area contributed by atoms with Gasteiger partial charge in [0.2, 0.25) is 0 Å². The monoisotopic (exact) mass is 659 g/mol. The number of ether oxygens (including phenoxy) is 2. The van der Waals surface area contributed by atoms with Crippen molar-refractivity contribution in [3.05, 3.63) is 53.3 Å². The molecule has 1 spiro atoms. The number of hydrogen-bond donors (Lipinski definition) is 2. The Morgan fingerprint density at radius 2 is 1.81 bits per heavy atom. The zero-order valence-corrected chi connectivity index (χ0v) is 27.1. The summed E-state index contributed by atoms with van der Waals surface area (Å²) >= 11 is 0. The van der Waals surface area contributed by atoms with Crippen molar-refractivity contribution in [3.63, 3.8) is 0 Å². The Hall–Kier alpha value is -3.67. The molecule has 2 saturated carbocycles. The Kier molecular flexibility index (Phi) is 7.08. The number of anilines is 1. The van der Waals surface area contributed by atoms with Crippen molar-refractivity contribution in [1.82, 2.24) is 20.2 Å². The molecule has 4 heterocycles. The second-order valence-corrected chi connectivity index (χ2v) is 14.8. The molecule has 3 aromatic carbocycles. The molecule has 5 aliphatic rings. The molecule has 48 heavy (non-hydrogen) atoms. The number of nitrogens with zero attached hydrogens (tertiary/aromatic N) is 4. The van der Waals surface area contributed by atoms with Gasteiger partial charge >= 0.3 is 6.01 Å². The molecule has 8 nitrogen and oxygen atoms in total. The molecule has 11 heteroatoms. The van der Waals surface area contributed by atoms with Gasteiger partial charge in [-0.25, -0.2) is 13.2 Å². The Morgan fingerprint density at radius 1 is 1.02 bits per heavy atom. The van der Waals surface area contributed by atoms with Crippen LogP contribution in [0.25, 0.3) is 32.8 Å². The number of benzene rings is 3. The molecule has 2 atom stereocenters. The van der Waals surface area contributed by atoms with Gasteiger partial charge in [0.15, 0.2) is 5.82 Å². The molecule has 0 amide bonds. The van der Waals surface area contributed by atoms with Crippen LogP contribution in [0.5, 0.6) is 11.8 Å². The Bertz CT molecular complexity index is 1940. The number of fused-ring (bicyclic) bond motifs is 4. The largest absolute Gasteiger partial charge is 0.508 e. The van der Waals surface area contributed by atoms with Crippen LogP contribution >= 0.6 is 0 Å². The first-order valence-corrected chi connectivity index (χ1v) is 17.4. The number of aromatic nitrogens is 2. The van der Waals surface area contributed by atoms with Crippen LogP contribution in [0.3, 0.4) is 0 Å². The SMILES string of the molecule is CCc1c(F)ccc2cc(O)cc(-c3c(F)cc4c(N5CC6CCC(C5)N6)nc(OCC5(CN6CCOC7(CC7)C6)CC5)nc4c3F)c12. The molecule has 3 aliphatic heterocycles. The minimum atomic E-state index is -0.890. The highest BCUT2D eigenvalue weighted by Crippen LogP contribution is 2.49. The molecule has 9 rings (SSSR count). The lowest BCUT2D eigenvalue weighted by molar-refractivity contribution is -0.0532. The summed E-state index contributed by atoms with van der Waals surface area (Å²) in [5.74, 6) is -1.90. The highest BCUT2D eigenvalue weighted by atomic mass is 19.1. The summed E-state index contributed by atoms with van der Waals surface area (Å²) in [7, 11) is 0. The average Bonchev–Trinajstić information content (AvgIpc) is 3.99. The number of nitrogens with one attached hydrogen (secondary N) is 1. The highest BCUT2D eigenvalue weighted by molar-refractivity contribution is 6.03. The maximum Gasteiger partial charge on any atom is 0.319 e. The van der Waals surface area contributed by atoms with E-state index in [1.807, 2.05) is 0 Å². The van der Waals surface area contributed by atoms with Crippen molar-refractivity contribution < 1.29 is 27.8 Å². The first-order valence-electron chi connectivity index (χ1n) is 17.4. The molecule has 0 radical (unpaired) electrons. The van der Waals surface area contributed by atoms with Crippen LogP contribution in [-0.4, -0.2) is 83.6 Å². The van der Waals surface area contributed by atoms with E-state index in [1.54, 1.807) is 6.92 Å². The van der Waals surface area contributed by atoms with E-state index in [1.165, 1.54) is 30.3 Å². The average molecular weight is 660 g/mol. The Balaban J connectivity index is 1.13. The van der Waals surface area contributed by atoms with Gasteiger partial charge in [0.25, 0.3) is 0 Å². The zero-order valence-electron chi connectivity index (χ0n) is 27.1. The number of halogens is 3. The maximum absolute atomic E-state index is 17.0. The fourth-order valence-corrected chi connectivity index (χ4v) is 8.44. The van der Waals surface area contributed by atoms with Gasteiger partial charge in [-0.15, -0.1) is 0 Å². The molecule has 1 aromatic heterocycles. The van der Waals surface area contributed by atoms with E-state index in [0.29, 0.717) is 48.3 Å². The summed E-state index contributed by atoms with van der Waals surface area (Å²) in [6.07, 6.45) is 6.68. The minimum Gasteiger partial charge on any atom is -0.508 e. The summed E-state index contributed by atoms with van der Waals surface area (Å²) in [6.45, 7) is 7.02. The maximum atomic E-state index is 17.0. The van der Waals surface area contributed by atoms with Crippen molar-refractivity contribution in [2.45, 2.75) is 69.6 Å². The summed E-state index contributed by atoms with van der Waals surface area (Å²) < 4.78 is 60.7. The van der Waals surface area contributed by atoms with Crippen LogP contribution in [0.4, 0.5) is 19.0 Å². The molecule has 4 aromatic rings. The first kappa shape index (κ1) is 30.4. The van der Waals surface area contributed by atoms with Crippen LogP contribution in [-0.2, 0) is 11.2 Å². The van der Waals surface area contributed by atoms with Crippen molar-refractivity contribution in [3.8, 4) is 22.9 Å². The summed E-state index contributed by atoms with van der Waals surface area (Å²) in [4.78, 5) is 14.0. The molecule has 2 aliphatic carbocycles. The van der Waals surface area contributed by atoms with Gasteiger partial charge in [-0.3, -0.25) is 4.90 Å². The van der Waals surface area contributed by atoms with Crippen LogP contribution in [0.15, 0.2) is 30.3 Å². The van der Waals surface area contributed by atoms with Crippen LogP contribution in [0, 0.1) is 22.9 Å². The van der Waals surface area contributed by atoms with Gasteiger partial charge in [0.1, 0.15) is 28.7 Å². The van der Waals surface area contributed by atoms with Crippen molar-refractivity contribution in [2.75, 3.05) is 50.8 Å². The van der Waals surface area contributed by atoms with E-state index < -0.39 is 17.5 Å². The molecule has 252 valence electrons. The quantitative estimate of drug-likeness (QED) is 0.235. The van der Waals surface area contributed by atoms with Gasteiger partial charge < -0.3 is 24.8 Å². The fraction of sp³-hybridized carbons (Fsp3) is 0.514. The second kappa shape index (κ2) is 11.2. The van der Waals surface area contributed by atoms with E-state index in [-0.39, 0.29) is 56.9 Å². The zero-order chi connectivity index (χ0) is 32.8. The van der Waals surface area contributed by atoms with Crippen LogP contribution in [0.1, 0.15) is 51.0 Å². The smallest absolute Gasteiger partial charge is 0.319 e. The molecular weight excluding hydrogens is 619 g/mol. The predicted octanol–water partition coefficient (Wildman–Crippen LogP) is 6.10. The first-order chi connectivity index (χ1) is 23.2. The third-order valence-corrected chi connectivity index (χ3v) is 11.3. The third kappa shape index (κ3) is 5.25. The molecule has 2 unspecified atom stereocenters. The summed E-state index contributed by atoms with van der Waals surface area (Å²) in [5.41, 5.74) is 0.0120. The number of phenolic OH excluding ortho intramolecular Hbond substituents is 1. The van der Waals surface area contributed by atoms with Gasteiger partial charge in [0, 0.05) is 55.6 Å². The molecule has 2 N–H and O–H groups in total. The molecule has 2 bridgehead atoms. The predicted molar refractivity (Wildman–Crippen MR) is 177 cm³/mol. The summed E-state index contributed by atoms with van der Waals surface area (Å²) in [5, 5.41) is 15.3. The fourth-order valence-electron chi connectivity index (χ4n) is 8.44. The highest BCUT2D eigenvalue weighted by Gasteiger charge is 2.51. The topological polar surface area (TPSA) is 83.0 Å². The van der Waals surface area contributed by atoms with Gasteiger partial charge in [0.05, 0.1) is 24.4 Å². The number of aryl methyl sites for hydroxylation is 1. The van der Waals surface area contributed by atoms with E-state index in [9.17, 15) is 5.11 Å². The van der Waals surface area contributed by atoms with E-state index >= 15 is 13.2 Å². The molecule has 3 saturated heterocycles. The lowest BCUT2D eigenvalue weighted by Crippen LogP contribution is -2.51. The van der Waals surface area contributed by atoms with Gasteiger partial charge in [-0.1, -0.05) is 13.0 Å². The number of hydrogen-bond acceptors (Lipinski definition) is 8. The van der Waals surface area contributed by atoms with E-state index in [4.69, 9.17) is 14.5 Å². The lowest BCUT2D eigenvalue weighted by atomic mass is 9.91. The number of phenols is 1. The van der Waals surface area contributed by atoms with Crippen LogP contribution in [0.2, 0.25) is 0 Å². The standard InChI is InChI=1S/C37H40F3N5O3/c1-2-25-28(38)6-3-21-13-24(46)14-26(30(21)25)31-29(39)15-27-33(32(31)40)42-35(43-34(27)45-16-22-4-5-23(17-45)41-22)47-20-36(7-8-36)18-44-11-12-48-37(19-44)9-10-37/h3,6,13-15,22-23,41,46H,2,4-5,7-12,16-20H2,1H3. The number of rotatable bonds is 8. The number of morpholine rings is 1. The lowest BCUT2D eigenvalue weighted by Gasteiger charge is -2.35. The number of aromatic hydroxyl groups is 1. The number of piperazine rings is 1. The van der Waals surface area contributed by atoms with E-state index in [2.05, 4.69) is 20.1 Å². The van der Waals surface area contributed by atoms with E-state index in [0.717, 1.165) is 64.8 Å². The molecular formula is C37H40F3N5O3. The Morgan fingerprint density at radius 3 is 2.54 bits per heavy atom. The van der Waals surface area contributed by atoms with Gasteiger partial charge in [-0.05, 0) is 91.1 Å².